The molecule has 2 heterocycles. The van der Waals surface area contributed by atoms with Crippen molar-refractivity contribution in [1.82, 2.24) is 29.6 Å². The van der Waals surface area contributed by atoms with Crippen LogP contribution in [0.25, 0.3) is 16.0 Å². The number of aromatic nitrogens is 5. The van der Waals surface area contributed by atoms with Gasteiger partial charge in [-0.15, -0.1) is 5.10 Å². The summed E-state index contributed by atoms with van der Waals surface area (Å²) in [6, 6.07) is 0.148. The van der Waals surface area contributed by atoms with Crippen LogP contribution >= 0.6 is 8.53 Å². The van der Waals surface area contributed by atoms with Crippen molar-refractivity contribution < 1.29 is 13.8 Å². The standard InChI is InChI=1S/C24H39N8O4P/c1-9-17-12-18(19(13-17)36-37(35-11-10-25-8)32(15(4)5)16(6)7)31-21-20(29-30-31)23(34)28-24(26-21)27-22(33)14(2)3/h14-19H,9-13H2,1-7H3,(H2,26,27,28,33,34)/t17-,18+,19+,37?/m0/s1. The molecular formula is C24H39N8O4P. The summed E-state index contributed by atoms with van der Waals surface area (Å²) in [5.41, 5.74) is -0.0443. The molecule has 204 valence electrons. The van der Waals surface area contributed by atoms with Gasteiger partial charge < -0.3 is 13.9 Å². The van der Waals surface area contributed by atoms with Crippen LogP contribution in [0.3, 0.4) is 0 Å². The summed E-state index contributed by atoms with van der Waals surface area (Å²) in [6.07, 6.45) is 2.32. The van der Waals surface area contributed by atoms with Gasteiger partial charge >= 0.3 is 0 Å². The molecule has 1 aliphatic carbocycles. The molecule has 2 aromatic heterocycles. The quantitative estimate of drug-likeness (QED) is 0.236. The second-order valence-electron chi connectivity index (χ2n) is 10.2. The molecule has 1 saturated carbocycles. The Balaban J connectivity index is 1.97. The summed E-state index contributed by atoms with van der Waals surface area (Å²) in [4.78, 5) is 35.4. The molecule has 0 spiro atoms. The van der Waals surface area contributed by atoms with Gasteiger partial charge in [0.1, 0.15) is 6.61 Å². The van der Waals surface area contributed by atoms with E-state index in [1.54, 1.807) is 18.5 Å². The van der Waals surface area contributed by atoms with Crippen LogP contribution in [-0.2, 0) is 13.8 Å². The van der Waals surface area contributed by atoms with Crippen LogP contribution in [-0.4, -0.2) is 66.9 Å². The number of rotatable bonds is 12. The number of anilines is 1. The largest absolute Gasteiger partial charge is 0.316 e. The van der Waals surface area contributed by atoms with E-state index in [2.05, 4.69) is 69.7 Å². The lowest BCUT2D eigenvalue weighted by molar-refractivity contribution is -0.118. The van der Waals surface area contributed by atoms with Gasteiger partial charge in [0.15, 0.2) is 11.2 Å². The molecule has 0 radical (unpaired) electrons. The Bertz CT molecular complexity index is 1150. The summed E-state index contributed by atoms with van der Waals surface area (Å²) < 4.78 is 16.7. The van der Waals surface area contributed by atoms with E-state index in [1.807, 2.05) is 0 Å². The Kier molecular flexibility index (Phi) is 10.1. The average Bonchev–Trinajstić information content (AvgIpc) is 3.42. The predicted octanol–water partition coefficient (Wildman–Crippen LogP) is 4.14. The highest BCUT2D eigenvalue weighted by Crippen LogP contribution is 2.52. The molecule has 3 rings (SSSR count). The lowest BCUT2D eigenvalue weighted by Gasteiger charge is -2.37. The zero-order chi connectivity index (χ0) is 27.3. The molecule has 0 bridgehead atoms. The predicted molar refractivity (Wildman–Crippen MR) is 143 cm³/mol. The van der Waals surface area contributed by atoms with Crippen molar-refractivity contribution in [3.05, 3.63) is 21.8 Å². The molecule has 13 heteroatoms. The van der Waals surface area contributed by atoms with Gasteiger partial charge in [0.25, 0.3) is 14.1 Å². The Morgan fingerprint density at radius 2 is 1.97 bits per heavy atom. The highest BCUT2D eigenvalue weighted by atomic mass is 31.2. The number of carbonyl (C=O) groups excluding carboxylic acids is 1. The Labute approximate surface area is 219 Å². The first-order valence-electron chi connectivity index (χ1n) is 12.9. The monoisotopic (exact) mass is 534 g/mol. The molecule has 2 N–H and O–H groups in total. The van der Waals surface area contributed by atoms with Gasteiger partial charge in [-0.05, 0) is 46.5 Å². The first-order chi connectivity index (χ1) is 17.6. The van der Waals surface area contributed by atoms with E-state index in [-0.39, 0.29) is 54.1 Å². The highest BCUT2D eigenvalue weighted by Gasteiger charge is 2.41. The second kappa shape index (κ2) is 12.9. The zero-order valence-electron chi connectivity index (χ0n) is 22.8. The second-order valence-corrected chi connectivity index (χ2v) is 11.6. The topological polar surface area (TPSA) is 132 Å². The van der Waals surface area contributed by atoms with Crippen molar-refractivity contribution in [3.8, 4) is 0 Å². The molecule has 37 heavy (non-hydrogen) atoms. The number of amides is 1. The molecule has 4 atom stereocenters. The van der Waals surface area contributed by atoms with E-state index in [0.29, 0.717) is 18.2 Å². The van der Waals surface area contributed by atoms with E-state index < -0.39 is 14.1 Å². The van der Waals surface area contributed by atoms with E-state index in [9.17, 15) is 9.59 Å². The zero-order valence-corrected chi connectivity index (χ0v) is 23.7. The summed E-state index contributed by atoms with van der Waals surface area (Å²) in [7, 11) is -1.44. The van der Waals surface area contributed by atoms with Crippen molar-refractivity contribution in [1.29, 1.82) is 0 Å². The first-order valence-corrected chi connectivity index (χ1v) is 14.1. The summed E-state index contributed by atoms with van der Waals surface area (Å²) in [5, 5.41) is 11.1. The summed E-state index contributed by atoms with van der Waals surface area (Å²) in [5.74, 6) is -0.0611. The smallest absolute Gasteiger partial charge is 0.282 e. The van der Waals surface area contributed by atoms with Gasteiger partial charge in [-0.2, -0.15) is 4.98 Å². The molecule has 1 aliphatic rings. The maximum atomic E-state index is 12.7. The minimum atomic E-state index is -1.44. The van der Waals surface area contributed by atoms with Crippen LogP contribution in [0.4, 0.5) is 5.95 Å². The molecule has 1 amide bonds. The Hall–Kier alpha value is -2.45. The number of hydrogen-bond acceptors (Lipinski definition) is 8. The van der Waals surface area contributed by atoms with E-state index >= 15 is 0 Å². The van der Waals surface area contributed by atoms with Crippen LogP contribution in [0, 0.1) is 18.4 Å². The Morgan fingerprint density at radius 3 is 2.57 bits per heavy atom. The number of hydrogen-bond donors (Lipinski definition) is 2. The van der Waals surface area contributed by atoms with Crippen LogP contribution in [0.2, 0.25) is 0 Å². The van der Waals surface area contributed by atoms with Gasteiger partial charge in [0.05, 0.1) is 12.1 Å². The van der Waals surface area contributed by atoms with Crippen LogP contribution in [0.1, 0.15) is 73.8 Å². The number of aromatic amines is 1. The third-order valence-electron chi connectivity index (χ3n) is 6.44. The lowest BCUT2D eigenvalue weighted by Crippen LogP contribution is -2.35. The van der Waals surface area contributed by atoms with Gasteiger partial charge in [0, 0.05) is 18.0 Å². The molecule has 0 aromatic carbocycles. The van der Waals surface area contributed by atoms with Crippen LogP contribution in [0.5, 0.6) is 0 Å². The van der Waals surface area contributed by atoms with Crippen molar-refractivity contribution in [3.63, 3.8) is 0 Å². The highest BCUT2D eigenvalue weighted by molar-refractivity contribution is 7.44. The molecule has 1 fully saturated rings. The van der Waals surface area contributed by atoms with Crippen LogP contribution < -0.4 is 10.9 Å². The normalized spacial score (nSPS) is 20.9. The molecule has 12 nitrogen and oxygen atoms in total. The minimum absolute atomic E-state index is 0.0674. The fourth-order valence-electron chi connectivity index (χ4n) is 4.57. The average molecular weight is 535 g/mol. The van der Waals surface area contributed by atoms with Gasteiger partial charge in [-0.25, -0.2) is 15.9 Å². The van der Waals surface area contributed by atoms with E-state index in [0.717, 1.165) is 19.3 Å². The van der Waals surface area contributed by atoms with Crippen LogP contribution in [0.15, 0.2) is 4.79 Å². The number of fused-ring (bicyclic) bond motifs is 1. The fourth-order valence-corrected chi connectivity index (χ4v) is 6.32. The first kappa shape index (κ1) is 29.1. The van der Waals surface area contributed by atoms with Crippen molar-refractivity contribution in [2.24, 2.45) is 11.8 Å². The van der Waals surface area contributed by atoms with Gasteiger partial charge in [-0.3, -0.25) is 19.9 Å². The Morgan fingerprint density at radius 1 is 1.27 bits per heavy atom. The van der Waals surface area contributed by atoms with Gasteiger partial charge in [-0.1, -0.05) is 32.4 Å². The van der Waals surface area contributed by atoms with Crippen molar-refractivity contribution in [2.45, 2.75) is 92.0 Å². The van der Waals surface area contributed by atoms with E-state index in [4.69, 9.17) is 15.6 Å². The number of nitrogens with zero attached hydrogens (tertiary/aromatic N) is 6. The third kappa shape index (κ3) is 6.90. The van der Waals surface area contributed by atoms with Crippen molar-refractivity contribution >= 4 is 31.5 Å². The number of nitrogens with one attached hydrogen (secondary N) is 2. The summed E-state index contributed by atoms with van der Waals surface area (Å²) >= 11 is 0. The molecule has 0 aliphatic heterocycles. The lowest BCUT2D eigenvalue weighted by atomic mass is 10.1. The molecular weight excluding hydrogens is 495 g/mol. The molecule has 0 saturated heterocycles. The maximum absolute atomic E-state index is 12.7. The molecule has 2 aromatic rings. The third-order valence-corrected chi connectivity index (χ3v) is 8.59. The minimum Gasteiger partial charge on any atom is -0.316 e. The maximum Gasteiger partial charge on any atom is 0.282 e. The fraction of sp³-hybridized carbons (Fsp3) is 0.750. The number of H-pyrrole nitrogens is 1. The molecule has 1 unspecified atom stereocenters. The SMILES string of the molecule is [C-]#[N+]CCOP(O[C@@H]1C[C@@H](CC)C[C@H]1n1nnc2c(=O)[nH]c(NC(=O)C(C)C)nc21)N(C(C)C)C(C)C. The summed E-state index contributed by atoms with van der Waals surface area (Å²) in [6.45, 7) is 21.8. The van der Waals surface area contributed by atoms with Gasteiger partial charge in [0.2, 0.25) is 18.4 Å². The number of carbonyl (C=O) groups is 1. The van der Waals surface area contributed by atoms with Crippen molar-refractivity contribution in [2.75, 3.05) is 18.5 Å². The van der Waals surface area contributed by atoms with E-state index in [1.165, 1.54) is 0 Å².